The maximum atomic E-state index is 2.61. The van der Waals surface area contributed by atoms with Crippen LogP contribution in [0, 0.1) is 0 Å². The molecule has 0 saturated carbocycles. The average molecular weight is 497 g/mol. The zero-order chi connectivity index (χ0) is 25.5. The van der Waals surface area contributed by atoms with E-state index < -0.39 is 0 Å². The van der Waals surface area contributed by atoms with Crippen LogP contribution in [-0.4, -0.2) is 17.6 Å². The molecule has 0 radical (unpaired) electrons. The molecule has 2 rings (SSSR count). The summed E-state index contributed by atoms with van der Waals surface area (Å²) in [6.45, 7) is 5.80. The molecule has 1 heterocycles. The van der Waals surface area contributed by atoms with Crippen LogP contribution in [0.1, 0.15) is 155 Å². The van der Waals surface area contributed by atoms with Gasteiger partial charge in [0.15, 0.2) is 0 Å². The predicted octanol–water partition coefficient (Wildman–Crippen LogP) is 11.2. The van der Waals surface area contributed by atoms with Crippen molar-refractivity contribution in [2.75, 3.05) is 11.4 Å². The smallest absolute Gasteiger partial charge is 0.105 e. The lowest BCUT2D eigenvalue weighted by Gasteiger charge is -2.33. The van der Waals surface area contributed by atoms with E-state index in [2.05, 4.69) is 66.4 Å². The summed E-state index contributed by atoms with van der Waals surface area (Å²) in [7, 11) is 0. The maximum absolute atomic E-state index is 2.61. The first-order valence-electron chi connectivity index (χ1n) is 16.1. The van der Waals surface area contributed by atoms with Crippen molar-refractivity contribution in [1.29, 1.82) is 0 Å². The number of hydrogen-bond acceptors (Lipinski definition) is 2. The van der Waals surface area contributed by atoms with E-state index in [0.29, 0.717) is 6.17 Å². The third-order valence-corrected chi connectivity index (χ3v) is 8.01. The summed E-state index contributed by atoms with van der Waals surface area (Å²) in [6, 6.07) is 11.0. The zero-order valence-corrected chi connectivity index (χ0v) is 24.3. The quantitative estimate of drug-likeness (QED) is 0.131. The molecule has 0 fully saturated rings. The van der Waals surface area contributed by atoms with Gasteiger partial charge in [0.25, 0.3) is 0 Å². The highest BCUT2D eigenvalue weighted by Gasteiger charge is 2.26. The molecule has 2 nitrogen and oxygen atoms in total. The van der Waals surface area contributed by atoms with Gasteiger partial charge in [-0.05, 0) is 31.4 Å². The lowest BCUT2D eigenvalue weighted by molar-refractivity contribution is 0.273. The van der Waals surface area contributed by atoms with Gasteiger partial charge in [-0.3, -0.25) is 0 Å². The molecular weight excluding hydrogens is 436 g/mol. The standard InChI is InChI=1S/C34H60N2/c1-3-5-7-9-10-11-12-13-14-15-16-17-18-19-20-21-25-29-34-35(30-26-8-6-4-2)31-32-36(34)33-27-23-22-24-28-33/h22-24,27-28,31-32,34H,3-21,25-26,29-30H2,1-2H3. The number of rotatable bonds is 24. The minimum absolute atomic E-state index is 0.505. The molecule has 0 aliphatic carbocycles. The predicted molar refractivity (Wildman–Crippen MR) is 161 cm³/mol. The highest BCUT2D eigenvalue weighted by atomic mass is 15.4. The van der Waals surface area contributed by atoms with E-state index >= 15 is 0 Å². The third kappa shape index (κ3) is 13.8. The van der Waals surface area contributed by atoms with Crippen molar-refractivity contribution >= 4 is 5.69 Å². The molecule has 2 heteroatoms. The van der Waals surface area contributed by atoms with Gasteiger partial charge in [0.05, 0.1) is 0 Å². The summed E-state index contributed by atoms with van der Waals surface area (Å²) in [5.41, 5.74) is 1.33. The van der Waals surface area contributed by atoms with Gasteiger partial charge in [0.1, 0.15) is 6.17 Å². The van der Waals surface area contributed by atoms with Crippen LogP contribution in [0.3, 0.4) is 0 Å². The van der Waals surface area contributed by atoms with E-state index in [1.54, 1.807) is 0 Å². The molecule has 206 valence electrons. The second-order valence-corrected chi connectivity index (χ2v) is 11.3. The van der Waals surface area contributed by atoms with Gasteiger partial charge in [0, 0.05) is 24.6 Å². The summed E-state index contributed by atoms with van der Waals surface area (Å²) in [5.74, 6) is 0. The fraction of sp³-hybridized carbons (Fsp3) is 0.765. The average Bonchev–Trinajstić information content (AvgIpc) is 3.31. The number of nitrogens with zero attached hydrogens (tertiary/aromatic N) is 2. The molecule has 36 heavy (non-hydrogen) atoms. The van der Waals surface area contributed by atoms with Crippen LogP contribution in [0.15, 0.2) is 42.7 Å². The Morgan fingerprint density at radius 2 is 0.944 bits per heavy atom. The number of anilines is 1. The molecule has 1 aromatic rings. The second-order valence-electron chi connectivity index (χ2n) is 11.3. The van der Waals surface area contributed by atoms with Crippen molar-refractivity contribution in [2.24, 2.45) is 0 Å². The Morgan fingerprint density at radius 3 is 1.44 bits per heavy atom. The fourth-order valence-electron chi connectivity index (χ4n) is 5.68. The number of benzene rings is 1. The maximum Gasteiger partial charge on any atom is 0.105 e. The topological polar surface area (TPSA) is 6.48 Å². The number of unbranched alkanes of at least 4 members (excludes halogenated alkanes) is 19. The summed E-state index contributed by atoms with van der Waals surface area (Å²) >= 11 is 0. The van der Waals surface area contributed by atoms with Crippen LogP contribution in [0.4, 0.5) is 5.69 Å². The SMILES string of the molecule is CCCCCCCCCCCCCCCCCCCC1N(CCCCCC)C=CN1c1ccccc1. The number of hydrogen-bond donors (Lipinski definition) is 0. The Kier molecular flexibility index (Phi) is 18.5. The van der Waals surface area contributed by atoms with E-state index in [9.17, 15) is 0 Å². The van der Waals surface area contributed by atoms with Crippen LogP contribution in [0.25, 0.3) is 0 Å². The van der Waals surface area contributed by atoms with Crippen LogP contribution in [-0.2, 0) is 0 Å². The molecule has 1 unspecified atom stereocenters. The normalized spacial score (nSPS) is 15.3. The van der Waals surface area contributed by atoms with Gasteiger partial charge >= 0.3 is 0 Å². The van der Waals surface area contributed by atoms with Gasteiger partial charge in [-0.25, -0.2) is 0 Å². The lowest BCUT2D eigenvalue weighted by Crippen LogP contribution is -2.39. The van der Waals surface area contributed by atoms with Gasteiger partial charge in [0.2, 0.25) is 0 Å². The molecule has 0 spiro atoms. The zero-order valence-electron chi connectivity index (χ0n) is 24.3. The van der Waals surface area contributed by atoms with Gasteiger partial charge in [-0.15, -0.1) is 0 Å². The van der Waals surface area contributed by atoms with Crippen LogP contribution >= 0.6 is 0 Å². The van der Waals surface area contributed by atoms with Crippen molar-refractivity contribution in [3.8, 4) is 0 Å². The molecule has 0 bridgehead atoms. The first-order valence-corrected chi connectivity index (χ1v) is 16.1. The van der Waals surface area contributed by atoms with E-state index in [1.807, 2.05) is 0 Å². The van der Waals surface area contributed by atoms with E-state index in [4.69, 9.17) is 0 Å². The molecule has 1 atom stereocenters. The molecule has 1 aromatic carbocycles. The molecule has 0 N–H and O–H groups in total. The Morgan fingerprint density at radius 1 is 0.500 bits per heavy atom. The minimum atomic E-state index is 0.505. The second kappa shape index (κ2) is 21.6. The summed E-state index contributed by atoms with van der Waals surface area (Å²) in [6.07, 6.45) is 36.3. The van der Waals surface area contributed by atoms with Crippen molar-refractivity contribution in [3.63, 3.8) is 0 Å². The molecule has 1 aliphatic rings. The van der Waals surface area contributed by atoms with E-state index in [1.165, 1.54) is 153 Å². The Hall–Kier alpha value is -1.44. The van der Waals surface area contributed by atoms with Gasteiger partial charge < -0.3 is 9.80 Å². The third-order valence-electron chi connectivity index (χ3n) is 8.01. The van der Waals surface area contributed by atoms with Gasteiger partial charge in [-0.2, -0.15) is 0 Å². The van der Waals surface area contributed by atoms with E-state index in [-0.39, 0.29) is 0 Å². The molecule has 0 saturated heterocycles. The Balaban J connectivity index is 1.49. The van der Waals surface area contributed by atoms with Crippen LogP contribution in [0.5, 0.6) is 0 Å². The van der Waals surface area contributed by atoms with E-state index in [0.717, 1.165) is 0 Å². The fourth-order valence-corrected chi connectivity index (χ4v) is 5.68. The van der Waals surface area contributed by atoms with Crippen molar-refractivity contribution in [2.45, 2.75) is 161 Å². The van der Waals surface area contributed by atoms with Crippen molar-refractivity contribution in [3.05, 3.63) is 42.7 Å². The summed E-state index contributed by atoms with van der Waals surface area (Å²) in [4.78, 5) is 5.11. The summed E-state index contributed by atoms with van der Waals surface area (Å²) in [5, 5.41) is 0. The number of para-hydroxylation sites is 1. The Bertz CT molecular complexity index is 625. The highest BCUT2D eigenvalue weighted by molar-refractivity contribution is 5.51. The van der Waals surface area contributed by atoms with Crippen LogP contribution in [0.2, 0.25) is 0 Å². The summed E-state index contributed by atoms with van der Waals surface area (Å²) < 4.78 is 0. The monoisotopic (exact) mass is 496 g/mol. The first kappa shape index (κ1) is 30.8. The highest BCUT2D eigenvalue weighted by Crippen LogP contribution is 2.28. The lowest BCUT2D eigenvalue weighted by atomic mass is 10.0. The molecule has 0 amide bonds. The molecule has 0 aromatic heterocycles. The van der Waals surface area contributed by atoms with Crippen molar-refractivity contribution in [1.82, 2.24) is 4.90 Å². The molecular formula is C34H60N2. The first-order chi connectivity index (χ1) is 17.9. The largest absolute Gasteiger partial charge is 0.356 e. The Labute approximate surface area is 225 Å². The van der Waals surface area contributed by atoms with Crippen LogP contribution < -0.4 is 4.90 Å². The minimum Gasteiger partial charge on any atom is -0.356 e. The van der Waals surface area contributed by atoms with Crippen molar-refractivity contribution < 1.29 is 0 Å². The molecule has 1 aliphatic heterocycles. The van der Waals surface area contributed by atoms with Gasteiger partial charge in [-0.1, -0.05) is 154 Å².